The van der Waals surface area contributed by atoms with E-state index in [2.05, 4.69) is 68.6 Å². The highest BCUT2D eigenvalue weighted by Crippen LogP contribution is 2.10. The highest BCUT2D eigenvalue weighted by atomic mass is 15.3. The summed E-state index contributed by atoms with van der Waals surface area (Å²) >= 11 is 0. The van der Waals surface area contributed by atoms with Crippen LogP contribution in [0.25, 0.3) is 0 Å². The molecule has 0 radical (unpaired) electrons. The second kappa shape index (κ2) is 7.58. The maximum absolute atomic E-state index is 2.44. The fourth-order valence-corrected chi connectivity index (χ4v) is 2.90. The number of hydrogen-bond acceptors (Lipinski definition) is 4. The first-order valence-corrected chi connectivity index (χ1v) is 7.60. The van der Waals surface area contributed by atoms with Crippen molar-refractivity contribution in [2.75, 3.05) is 60.9 Å². The molecule has 2 unspecified atom stereocenters. The molecule has 0 aromatic carbocycles. The highest BCUT2D eigenvalue weighted by molar-refractivity contribution is 4.80. The lowest BCUT2D eigenvalue weighted by Gasteiger charge is -2.40. The summed E-state index contributed by atoms with van der Waals surface area (Å²) in [5, 5.41) is 0. The van der Waals surface area contributed by atoms with Crippen LogP contribution in [0.5, 0.6) is 0 Å². The first-order chi connectivity index (χ1) is 8.81. The molecule has 19 heavy (non-hydrogen) atoms. The van der Waals surface area contributed by atoms with E-state index < -0.39 is 0 Å². The first kappa shape index (κ1) is 16.9. The molecule has 4 nitrogen and oxygen atoms in total. The molecule has 2 fully saturated rings. The van der Waals surface area contributed by atoms with E-state index >= 15 is 0 Å². The standard InChI is InChI=1S/C8H18N2.C7H16N2/c1-7-5-9(3)6-8(2)10(7)4;1-7-6-8(2)4-5-9(7)3/h7-8H,5-6H2,1-4H3;7H,4-6H2,1-3H3/t7-,8?;/m1./s1. The third kappa shape index (κ3) is 5.38. The van der Waals surface area contributed by atoms with Crippen molar-refractivity contribution < 1.29 is 0 Å². The van der Waals surface area contributed by atoms with Gasteiger partial charge >= 0.3 is 0 Å². The zero-order chi connectivity index (χ0) is 14.6. The van der Waals surface area contributed by atoms with Crippen LogP contribution < -0.4 is 0 Å². The molecule has 2 aliphatic rings. The molecule has 2 saturated heterocycles. The molecule has 2 aliphatic heterocycles. The summed E-state index contributed by atoms with van der Waals surface area (Å²) in [5.41, 5.74) is 0. The number of likely N-dealkylation sites (N-methyl/N-ethyl adjacent to an activating group) is 4. The van der Waals surface area contributed by atoms with E-state index in [-0.39, 0.29) is 0 Å². The third-order valence-electron chi connectivity index (χ3n) is 4.71. The van der Waals surface area contributed by atoms with Gasteiger partial charge in [0.1, 0.15) is 0 Å². The Kier molecular flexibility index (Phi) is 6.74. The summed E-state index contributed by atoms with van der Waals surface area (Å²) in [6, 6.07) is 2.17. The Bertz CT molecular complexity index is 247. The van der Waals surface area contributed by atoms with Gasteiger partial charge in [0.15, 0.2) is 0 Å². The third-order valence-corrected chi connectivity index (χ3v) is 4.71. The zero-order valence-electron chi connectivity index (χ0n) is 14.1. The van der Waals surface area contributed by atoms with Crippen LogP contribution in [0.1, 0.15) is 20.8 Å². The second-order valence-corrected chi connectivity index (χ2v) is 6.68. The Hall–Kier alpha value is -0.160. The predicted molar refractivity (Wildman–Crippen MR) is 83.8 cm³/mol. The van der Waals surface area contributed by atoms with Gasteiger partial charge in [0.2, 0.25) is 0 Å². The molecule has 0 bridgehead atoms. The highest BCUT2D eigenvalue weighted by Gasteiger charge is 2.23. The van der Waals surface area contributed by atoms with E-state index in [1.165, 1.54) is 32.7 Å². The Balaban J connectivity index is 0.000000191. The second-order valence-electron chi connectivity index (χ2n) is 6.68. The lowest BCUT2D eigenvalue weighted by Crippen LogP contribution is -2.53. The number of hydrogen-bond donors (Lipinski definition) is 0. The van der Waals surface area contributed by atoms with Gasteiger partial charge in [0.05, 0.1) is 0 Å². The Labute approximate surface area is 120 Å². The van der Waals surface area contributed by atoms with Gasteiger partial charge in [0.25, 0.3) is 0 Å². The van der Waals surface area contributed by atoms with Crippen LogP contribution in [0.15, 0.2) is 0 Å². The van der Waals surface area contributed by atoms with Gasteiger partial charge in [-0.05, 0) is 49.0 Å². The van der Waals surface area contributed by atoms with Crippen molar-refractivity contribution in [3.63, 3.8) is 0 Å². The molecule has 0 aliphatic carbocycles. The van der Waals surface area contributed by atoms with Crippen molar-refractivity contribution in [3.05, 3.63) is 0 Å². The SMILES string of the molecule is CC1CN(C)CCN1C.CC1CN(C)C[C@@H](C)N1C. The normalized spacial score (nSPS) is 35.8. The van der Waals surface area contributed by atoms with Crippen LogP contribution in [0.2, 0.25) is 0 Å². The number of nitrogens with zero attached hydrogens (tertiary/aromatic N) is 4. The smallest absolute Gasteiger partial charge is 0.0195 e. The zero-order valence-corrected chi connectivity index (χ0v) is 14.1. The lowest BCUT2D eigenvalue weighted by molar-refractivity contribution is 0.0761. The van der Waals surface area contributed by atoms with Gasteiger partial charge in [-0.1, -0.05) is 0 Å². The predicted octanol–water partition coefficient (Wildman–Crippen LogP) is 0.893. The minimum absolute atomic E-state index is 0.716. The maximum atomic E-state index is 2.44. The van der Waals surface area contributed by atoms with Gasteiger partial charge < -0.3 is 14.7 Å². The van der Waals surface area contributed by atoms with Gasteiger partial charge in [-0.2, -0.15) is 0 Å². The van der Waals surface area contributed by atoms with Crippen LogP contribution in [0, 0.1) is 0 Å². The Morgan fingerprint density at radius 3 is 1.53 bits per heavy atom. The van der Waals surface area contributed by atoms with Crippen molar-refractivity contribution in [2.24, 2.45) is 0 Å². The topological polar surface area (TPSA) is 13.0 Å². The molecule has 0 spiro atoms. The molecule has 0 aromatic heterocycles. The summed E-state index contributed by atoms with van der Waals surface area (Å²) in [6.07, 6.45) is 0. The van der Waals surface area contributed by atoms with Gasteiger partial charge in [-0.15, -0.1) is 0 Å². The van der Waals surface area contributed by atoms with E-state index in [9.17, 15) is 0 Å². The molecule has 0 N–H and O–H groups in total. The first-order valence-electron chi connectivity index (χ1n) is 7.60. The van der Waals surface area contributed by atoms with Crippen LogP contribution in [-0.2, 0) is 0 Å². The van der Waals surface area contributed by atoms with Crippen molar-refractivity contribution in [1.82, 2.24) is 19.6 Å². The average molecular weight is 270 g/mol. The number of rotatable bonds is 0. The Morgan fingerprint density at radius 2 is 1.11 bits per heavy atom. The molecule has 2 rings (SSSR count). The van der Waals surface area contributed by atoms with E-state index in [1.807, 2.05) is 0 Å². The summed E-state index contributed by atoms with van der Waals surface area (Å²) in [7, 11) is 8.78. The number of piperazine rings is 2. The van der Waals surface area contributed by atoms with Crippen molar-refractivity contribution in [1.29, 1.82) is 0 Å². The molecule has 2 heterocycles. The summed E-state index contributed by atoms with van der Waals surface area (Å²) in [6.45, 7) is 12.9. The quantitative estimate of drug-likeness (QED) is 0.648. The van der Waals surface area contributed by atoms with Gasteiger partial charge in [-0.25, -0.2) is 0 Å². The maximum Gasteiger partial charge on any atom is 0.0195 e. The monoisotopic (exact) mass is 270 g/mol. The lowest BCUT2D eigenvalue weighted by atomic mass is 10.1. The minimum atomic E-state index is 0.716. The van der Waals surface area contributed by atoms with Crippen LogP contribution >= 0.6 is 0 Å². The molecule has 0 saturated carbocycles. The van der Waals surface area contributed by atoms with E-state index in [0.717, 1.165) is 6.04 Å². The van der Waals surface area contributed by atoms with E-state index in [1.54, 1.807) is 0 Å². The largest absolute Gasteiger partial charge is 0.304 e. The Morgan fingerprint density at radius 1 is 0.632 bits per heavy atom. The molecule has 4 heteroatoms. The molecule has 0 aromatic rings. The molecule has 0 amide bonds. The van der Waals surface area contributed by atoms with Crippen molar-refractivity contribution in [3.8, 4) is 0 Å². The van der Waals surface area contributed by atoms with Crippen molar-refractivity contribution >= 4 is 0 Å². The van der Waals surface area contributed by atoms with Gasteiger partial charge in [-0.3, -0.25) is 4.90 Å². The molecular formula is C15H34N4. The average Bonchev–Trinajstić information content (AvgIpc) is 2.32. The van der Waals surface area contributed by atoms with Crippen molar-refractivity contribution in [2.45, 2.75) is 38.9 Å². The van der Waals surface area contributed by atoms with Crippen LogP contribution in [0.4, 0.5) is 0 Å². The molecule has 114 valence electrons. The van der Waals surface area contributed by atoms with Crippen LogP contribution in [-0.4, -0.2) is 98.6 Å². The van der Waals surface area contributed by atoms with Crippen LogP contribution in [0.3, 0.4) is 0 Å². The van der Waals surface area contributed by atoms with Gasteiger partial charge in [0, 0.05) is 50.8 Å². The summed E-state index contributed by atoms with van der Waals surface area (Å²) < 4.78 is 0. The summed E-state index contributed by atoms with van der Waals surface area (Å²) in [4.78, 5) is 9.62. The molecule has 3 atom stereocenters. The van der Waals surface area contributed by atoms with E-state index in [4.69, 9.17) is 0 Å². The van der Waals surface area contributed by atoms with E-state index in [0.29, 0.717) is 12.1 Å². The minimum Gasteiger partial charge on any atom is -0.304 e. The fraction of sp³-hybridized carbons (Fsp3) is 1.00. The fourth-order valence-electron chi connectivity index (χ4n) is 2.90. The molecular weight excluding hydrogens is 236 g/mol. The summed E-state index contributed by atoms with van der Waals surface area (Å²) in [5.74, 6) is 0.